The fourth-order valence-electron chi connectivity index (χ4n) is 2.93. The highest BCUT2D eigenvalue weighted by Gasteiger charge is 2.34. The molecule has 2 aromatic rings. The van der Waals surface area contributed by atoms with Crippen molar-refractivity contribution in [2.24, 2.45) is 0 Å². The number of nitrogens with zero attached hydrogens (tertiary/aromatic N) is 1. The van der Waals surface area contributed by atoms with E-state index in [-0.39, 0.29) is 18.2 Å². The first-order valence-electron chi connectivity index (χ1n) is 7.81. The first-order valence-corrected chi connectivity index (χ1v) is 7.81. The molecule has 1 heterocycles. The minimum atomic E-state index is -0.629. The first kappa shape index (κ1) is 15.9. The van der Waals surface area contributed by atoms with Gasteiger partial charge in [0.05, 0.1) is 12.2 Å². The molecule has 0 aliphatic carbocycles. The number of terminal acetylenes is 1. The molecule has 1 atom stereocenters. The molecule has 4 heteroatoms. The van der Waals surface area contributed by atoms with Crippen molar-refractivity contribution in [2.45, 2.75) is 26.4 Å². The number of aromatic hydroxyl groups is 1. The zero-order valence-corrected chi connectivity index (χ0v) is 13.7. The SMILES string of the molecule is C#CCN1C(=O)C(Cc2cccc(C)c2C)Oc2ccc(O)cc21. The smallest absolute Gasteiger partial charge is 0.269 e. The number of benzene rings is 2. The third-order valence-corrected chi connectivity index (χ3v) is 4.42. The second-order valence-corrected chi connectivity index (χ2v) is 5.95. The number of anilines is 1. The highest BCUT2D eigenvalue weighted by atomic mass is 16.5. The van der Waals surface area contributed by atoms with Crippen molar-refractivity contribution in [1.29, 1.82) is 0 Å². The molecule has 0 aromatic heterocycles. The topological polar surface area (TPSA) is 49.8 Å². The van der Waals surface area contributed by atoms with Crippen LogP contribution in [-0.2, 0) is 11.2 Å². The summed E-state index contributed by atoms with van der Waals surface area (Å²) in [6.45, 7) is 4.23. The van der Waals surface area contributed by atoms with Crippen molar-refractivity contribution in [3.05, 3.63) is 53.1 Å². The van der Waals surface area contributed by atoms with Crippen LogP contribution < -0.4 is 9.64 Å². The maximum atomic E-state index is 12.8. The van der Waals surface area contributed by atoms with Gasteiger partial charge in [-0.2, -0.15) is 0 Å². The summed E-state index contributed by atoms with van der Waals surface area (Å²) in [4.78, 5) is 14.3. The molecule has 4 nitrogen and oxygen atoms in total. The standard InChI is InChI=1S/C20H19NO3/c1-4-10-21-17-12-16(22)8-9-18(17)24-19(20(21)23)11-15-7-5-6-13(2)14(15)3/h1,5-9,12,19,22H,10-11H2,2-3H3. The summed E-state index contributed by atoms with van der Waals surface area (Å²) in [6, 6.07) is 10.7. The van der Waals surface area contributed by atoms with Gasteiger partial charge in [0.1, 0.15) is 11.5 Å². The van der Waals surface area contributed by atoms with Gasteiger partial charge in [-0.25, -0.2) is 0 Å². The second-order valence-electron chi connectivity index (χ2n) is 5.95. The molecule has 122 valence electrons. The summed E-state index contributed by atoms with van der Waals surface area (Å²) in [6.07, 6.45) is 5.26. The highest BCUT2D eigenvalue weighted by molar-refractivity contribution is 6.00. The van der Waals surface area contributed by atoms with E-state index in [1.165, 1.54) is 22.6 Å². The van der Waals surface area contributed by atoms with Crippen LogP contribution in [0.3, 0.4) is 0 Å². The molecular weight excluding hydrogens is 302 g/mol. The van der Waals surface area contributed by atoms with Gasteiger partial charge in [0.15, 0.2) is 6.10 Å². The van der Waals surface area contributed by atoms with E-state index in [2.05, 4.69) is 5.92 Å². The van der Waals surface area contributed by atoms with Gasteiger partial charge in [-0.1, -0.05) is 24.1 Å². The number of carbonyl (C=O) groups excluding carboxylic acids is 1. The van der Waals surface area contributed by atoms with E-state index in [0.29, 0.717) is 17.9 Å². The zero-order chi connectivity index (χ0) is 17.3. The Kier molecular flexibility index (Phi) is 4.18. The molecule has 1 unspecified atom stereocenters. The van der Waals surface area contributed by atoms with Crippen LogP contribution >= 0.6 is 0 Å². The monoisotopic (exact) mass is 321 g/mol. The molecule has 1 amide bonds. The van der Waals surface area contributed by atoms with Crippen molar-refractivity contribution in [1.82, 2.24) is 0 Å². The second kappa shape index (κ2) is 6.29. The normalized spacial score (nSPS) is 16.3. The van der Waals surface area contributed by atoms with E-state index in [1.807, 2.05) is 32.0 Å². The average molecular weight is 321 g/mol. The number of fused-ring (bicyclic) bond motifs is 1. The summed E-state index contributed by atoms with van der Waals surface area (Å²) in [5, 5.41) is 9.68. The van der Waals surface area contributed by atoms with Gasteiger partial charge in [0.2, 0.25) is 0 Å². The fourth-order valence-corrected chi connectivity index (χ4v) is 2.93. The highest BCUT2D eigenvalue weighted by Crippen LogP contribution is 2.37. The van der Waals surface area contributed by atoms with Crippen LogP contribution in [0.4, 0.5) is 5.69 Å². The fraction of sp³-hybridized carbons (Fsp3) is 0.250. The van der Waals surface area contributed by atoms with E-state index in [0.717, 1.165) is 11.1 Å². The maximum absolute atomic E-state index is 12.8. The Hall–Kier alpha value is -2.93. The van der Waals surface area contributed by atoms with Gasteiger partial charge in [-0.3, -0.25) is 9.69 Å². The Bertz CT molecular complexity index is 835. The van der Waals surface area contributed by atoms with Crippen LogP contribution in [0.5, 0.6) is 11.5 Å². The summed E-state index contributed by atoms with van der Waals surface area (Å²) < 4.78 is 5.90. The van der Waals surface area contributed by atoms with Crippen LogP contribution in [0, 0.1) is 26.2 Å². The summed E-state index contributed by atoms with van der Waals surface area (Å²) in [5.41, 5.74) is 3.93. The predicted molar refractivity (Wildman–Crippen MR) is 93.3 cm³/mol. The maximum Gasteiger partial charge on any atom is 0.269 e. The lowest BCUT2D eigenvalue weighted by Crippen LogP contribution is -2.47. The van der Waals surface area contributed by atoms with E-state index < -0.39 is 6.10 Å². The van der Waals surface area contributed by atoms with E-state index >= 15 is 0 Å². The van der Waals surface area contributed by atoms with E-state index in [4.69, 9.17) is 11.2 Å². The Balaban J connectivity index is 1.96. The van der Waals surface area contributed by atoms with Gasteiger partial charge < -0.3 is 9.84 Å². The number of carbonyl (C=O) groups is 1. The minimum absolute atomic E-state index is 0.0696. The average Bonchev–Trinajstić information content (AvgIpc) is 2.56. The number of hydrogen-bond donors (Lipinski definition) is 1. The molecule has 0 bridgehead atoms. The lowest BCUT2D eigenvalue weighted by Gasteiger charge is -2.33. The number of phenolic OH excluding ortho intramolecular Hbond substituents is 1. The Morgan fingerprint density at radius 1 is 1.29 bits per heavy atom. The quantitative estimate of drug-likeness (QED) is 0.884. The number of aryl methyl sites for hydroxylation is 1. The molecule has 1 aliphatic heterocycles. The van der Waals surface area contributed by atoms with Crippen LogP contribution in [0.1, 0.15) is 16.7 Å². The van der Waals surface area contributed by atoms with Crippen molar-refractivity contribution in [3.8, 4) is 23.8 Å². The third-order valence-electron chi connectivity index (χ3n) is 4.42. The molecule has 0 fully saturated rings. The number of amides is 1. The van der Waals surface area contributed by atoms with Crippen LogP contribution in [0.2, 0.25) is 0 Å². The summed E-state index contributed by atoms with van der Waals surface area (Å²) in [7, 11) is 0. The summed E-state index contributed by atoms with van der Waals surface area (Å²) in [5.74, 6) is 2.94. The molecule has 0 radical (unpaired) electrons. The Morgan fingerprint density at radius 3 is 2.83 bits per heavy atom. The number of phenols is 1. The molecule has 0 saturated carbocycles. The first-order chi connectivity index (χ1) is 11.5. The Morgan fingerprint density at radius 2 is 2.08 bits per heavy atom. The van der Waals surface area contributed by atoms with Crippen molar-refractivity contribution in [3.63, 3.8) is 0 Å². The van der Waals surface area contributed by atoms with Gasteiger partial charge in [0.25, 0.3) is 5.91 Å². The number of rotatable bonds is 3. The molecule has 2 aromatic carbocycles. The van der Waals surface area contributed by atoms with Crippen molar-refractivity contribution < 1.29 is 14.6 Å². The minimum Gasteiger partial charge on any atom is -0.508 e. The summed E-state index contributed by atoms with van der Waals surface area (Å²) >= 11 is 0. The molecule has 1 N–H and O–H groups in total. The van der Waals surface area contributed by atoms with Gasteiger partial charge in [-0.15, -0.1) is 6.42 Å². The molecule has 24 heavy (non-hydrogen) atoms. The van der Waals surface area contributed by atoms with E-state index in [1.54, 1.807) is 6.07 Å². The molecular formula is C20H19NO3. The van der Waals surface area contributed by atoms with Crippen LogP contribution in [-0.4, -0.2) is 23.7 Å². The van der Waals surface area contributed by atoms with Gasteiger partial charge >= 0.3 is 0 Å². The van der Waals surface area contributed by atoms with Crippen LogP contribution in [0.15, 0.2) is 36.4 Å². The number of ether oxygens (including phenoxy) is 1. The largest absolute Gasteiger partial charge is 0.508 e. The predicted octanol–water partition coefficient (Wildman–Crippen LogP) is 2.98. The van der Waals surface area contributed by atoms with Gasteiger partial charge in [-0.05, 0) is 42.7 Å². The van der Waals surface area contributed by atoms with Crippen molar-refractivity contribution >= 4 is 11.6 Å². The van der Waals surface area contributed by atoms with E-state index in [9.17, 15) is 9.90 Å². The molecule has 1 aliphatic rings. The third kappa shape index (κ3) is 2.81. The lowest BCUT2D eigenvalue weighted by atomic mass is 9.97. The zero-order valence-electron chi connectivity index (χ0n) is 13.7. The van der Waals surface area contributed by atoms with Gasteiger partial charge in [0, 0.05) is 12.5 Å². The Labute approximate surface area is 141 Å². The lowest BCUT2D eigenvalue weighted by molar-refractivity contribution is -0.126. The van der Waals surface area contributed by atoms with Crippen molar-refractivity contribution in [2.75, 3.05) is 11.4 Å². The molecule has 0 saturated heterocycles. The van der Waals surface area contributed by atoms with Crippen LogP contribution in [0.25, 0.3) is 0 Å². The molecule has 3 rings (SSSR count). The number of hydrogen-bond acceptors (Lipinski definition) is 3. The molecule has 0 spiro atoms.